The highest BCUT2D eigenvalue weighted by Gasteiger charge is 2.16. The molecule has 3 aromatic rings. The number of hydroxylamine groups is 1. The van der Waals surface area contributed by atoms with Gasteiger partial charge in [0.25, 0.3) is 0 Å². The molecule has 0 aliphatic carbocycles. The lowest BCUT2D eigenvalue weighted by molar-refractivity contribution is 0.0714. The van der Waals surface area contributed by atoms with Gasteiger partial charge in [-0.05, 0) is 40.1 Å². The number of anilines is 1. The number of aliphatic imine (C=N–C) groups is 1. The molecule has 1 heterocycles. The third kappa shape index (κ3) is 4.68. The molecule has 0 atom stereocenters. The van der Waals surface area contributed by atoms with Crippen LogP contribution in [0.15, 0.2) is 52.1 Å². The van der Waals surface area contributed by atoms with Crippen molar-refractivity contribution < 1.29 is 14.2 Å². The van der Waals surface area contributed by atoms with E-state index in [1.165, 1.54) is 0 Å². The fourth-order valence-corrected chi connectivity index (χ4v) is 2.61. The van der Waals surface area contributed by atoms with Gasteiger partial charge in [0.2, 0.25) is 0 Å². The van der Waals surface area contributed by atoms with Gasteiger partial charge >= 0.3 is 0 Å². The third-order valence-electron chi connectivity index (χ3n) is 3.47. The van der Waals surface area contributed by atoms with Gasteiger partial charge in [-0.25, -0.2) is 15.1 Å². The number of aromatic nitrogens is 2. The molecule has 3 rings (SSSR count). The van der Waals surface area contributed by atoms with Gasteiger partial charge in [0.05, 0.1) is 7.11 Å². The molecule has 27 heavy (non-hydrogen) atoms. The van der Waals surface area contributed by atoms with Gasteiger partial charge in [-0.2, -0.15) is 0 Å². The second kappa shape index (κ2) is 8.72. The SMILES string of the molecule is COc1ccccc1N=C(NOCc1ccc(Cl)cc1Cl)c1nonc1N. The maximum atomic E-state index is 6.14. The van der Waals surface area contributed by atoms with Crippen molar-refractivity contribution >= 4 is 40.5 Å². The molecule has 8 nitrogen and oxygen atoms in total. The number of nitrogens with one attached hydrogen (secondary N) is 1. The Morgan fingerprint density at radius 2 is 2.04 bits per heavy atom. The van der Waals surface area contributed by atoms with Crippen molar-refractivity contribution in [2.45, 2.75) is 6.61 Å². The van der Waals surface area contributed by atoms with Crippen LogP contribution in [0.25, 0.3) is 0 Å². The van der Waals surface area contributed by atoms with E-state index in [9.17, 15) is 0 Å². The number of hydrogen-bond donors (Lipinski definition) is 2. The molecule has 0 bridgehead atoms. The summed E-state index contributed by atoms with van der Waals surface area (Å²) in [5.74, 6) is 0.820. The number of nitrogen functional groups attached to an aromatic ring is 1. The molecule has 0 saturated carbocycles. The number of ether oxygens (including phenoxy) is 1. The summed E-state index contributed by atoms with van der Waals surface area (Å²) in [6, 6.07) is 12.3. The van der Waals surface area contributed by atoms with Crippen LogP contribution in [0.5, 0.6) is 5.75 Å². The maximum Gasteiger partial charge on any atom is 0.199 e. The lowest BCUT2D eigenvalue weighted by Crippen LogP contribution is -2.26. The summed E-state index contributed by atoms with van der Waals surface area (Å²) >= 11 is 12.0. The van der Waals surface area contributed by atoms with Crippen LogP contribution >= 0.6 is 23.2 Å². The number of benzene rings is 2. The van der Waals surface area contributed by atoms with E-state index in [0.717, 1.165) is 5.56 Å². The van der Waals surface area contributed by atoms with E-state index in [4.69, 9.17) is 38.5 Å². The molecule has 2 aromatic carbocycles. The van der Waals surface area contributed by atoms with Gasteiger partial charge in [-0.1, -0.05) is 41.4 Å². The normalized spacial score (nSPS) is 11.4. The van der Waals surface area contributed by atoms with Crippen LogP contribution in [0.3, 0.4) is 0 Å². The van der Waals surface area contributed by atoms with E-state index in [1.807, 2.05) is 12.1 Å². The van der Waals surface area contributed by atoms with Crippen LogP contribution in [0.4, 0.5) is 11.5 Å². The number of nitrogens with zero attached hydrogens (tertiary/aromatic N) is 3. The highest BCUT2D eigenvalue weighted by atomic mass is 35.5. The summed E-state index contributed by atoms with van der Waals surface area (Å²) < 4.78 is 9.95. The Morgan fingerprint density at radius 1 is 1.22 bits per heavy atom. The number of halogens is 2. The van der Waals surface area contributed by atoms with Gasteiger partial charge < -0.3 is 10.5 Å². The van der Waals surface area contributed by atoms with E-state index < -0.39 is 0 Å². The molecular formula is C17H15Cl2N5O3. The van der Waals surface area contributed by atoms with E-state index in [0.29, 0.717) is 21.5 Å². The molecule has 140 valence electrons. The summed E-state index contributed by atoms with van der Waals surface area (Å²) in [5.41, 5.74) is 9.96. The molecule has 10 heteroatoms. The van der Waals surface area contributed by atoms with E-state index in [-0.39, 0.29) is 24.0 Å². The molecule has 1 aromatic heterocycles. The van der Waals surface area contributed by atoms with Gasteiger partial charge in [0.1, 0.15) is 18.0 Å². The van der Waals surface area contributed by atoms with Crippen LogP contribution in [0.2, 0.25) is 10.0 Å². The second-order valence-electron chi connectivity index (χ2n) is 5.26. The lowest BCUT2D eigenvalue weighted by Gasteiger charge is -2.10. The van der Waals surface area contributed by atoms with Crippen LogP contribution in [0, 0.1) is 0 Å². The zero-order valence-corrected chi connectivity index (χ0v) is 15.7. The van der Waals surface area contributed by atoms with Gasteiger partial charge in [-0.3, -0.25) is 4.84 Å². The molecule has 0 radical (unpaired) electrons. The Labute approximate surface area is 164 Å². The van der Waals surface area contributed by atoms with Crippen LogP contribution in [-0.4, -0.2) is 23.3 Å². The number of hydrogen-bond acceptors (Lipinski definition) is 7. The fourth-order valence-electron chi connectivity index (χ4n) is 2.15. The summed E-state index contributed by atoms with van der Waals surface area (Å²) in [6.45, 7) is 0.145. The third-order valence-corrected chi connectivity index (χ3v) is 4.05. The second-order valence-corrected chi connectivity index (χ2v) is 6.10. The number of nitrogens with two attached hydrogens (primary N) is 1. The zero-order chi connectivity index (χ0) is 19.2. The van der Waals surface area contributed by atoms with Gasteiger partial charge in [0, 0.05) is 10.0 Å². The minimum absolute atomic E-state index is 0.0595. The molecule has 0 unspecified atom stereocenters. The number of para-hydroxylation sites is 2. The number of rotatable bonds is 6. The van der Waals surface area contributed by atoms with Crippen LogP contribution in [0.1, 0.15) is 11.3 Å². The van der Waals surface area contributed by atoms with Gasteiger partial charge in [-0.15, -0.1) is 0 Å². The average Bonchev–Trinajstić information content (AvgIpc) is 3.09. The van der Waals surface area contributed by atoms with Crippen LogP contribution < -0.4 is 16.0 Å². The Kier molecular flexibility index (Phi) is 6.12. The van der Waals surface area contributed by atoms with Crippen molar-refractivity contribution in [3.8, 4) is 5.75 Å². The number of amidine groups is 1. The smallest absolute Gasteiger partial charge is 0.199 e. The zero-order valence-electron chi connectivity index (χ0n) is 14.1. The molecule has 0 fully saturated rings. The van der Waals surface area contributed by atoms with Crippen LogP contribution in [-0.2, 0) is 11.4 Å². The molecule has 0 aliphatic rings. The first-order valence-electron chi connectivity index (χ1n) is 7.70. The minimum Gasteiger partial charge on any atom is -0.494 e. The summed E-state index contributed by atoms with van der Waals surface area (Å²) in [5, 5.41) is 8.33. The van der Waals surface area contributed by atoms with Gasteiger partial charge in [0.15, 0.2) is 17.3 Å². The quantitative estimate of drug-likeness (QED) is 0.363. The Balaban J connectivity index is 1.83. The predicted octanol–water partition coefficient (Wildman–Crippen LogP) is 3.77. The monoisotopic (exact) mass is 407 g/mol. The Hall–Kier alpha value is -2.81. The van der Waals surface area contributed by atoms with Crippen molar-refractivity contribution in [2.24, 2.45) is 4.99 Å². The molecule has 0 spiro atoms. The predicted molar refractivity (Wildman–Crippen MR) is 102 cm³/mol. The highest BCUT2D eigenvalue weighted by molar-refractivity contribution is 6.35. The summed E-state index contributed by atoms with van der Waals surface area (Å²) in [6.07, 6.45) is 0. The van der Waals surface area contributed by atoms with E-state index in [2.05, 4.69) is 25.4 Å². The Morgan fingerprint density at radius 3 is 2.74 bits per heavy atom. The first kappa shape index (κ1) is 19.0. The minimum atomic E-state index is 0.0595. The molecule has 0 saturated heterocycles. The van der Waals surface area contributed by atoms with Crippen molar-refractivity contribution in [3.05, 3.63) is 63.8 Å². The van der Waals surface area contributed by atoms with Crippen molar-refractivity contribution in [1.82, 2.24) is 15.8 Å². The summed E-state index contributed by atoms with van der Waals surface area (Å²) in [4.78, 5) is 9.97. The maximum absolute atomic E-state index is 6.14. The summed E-state index contributed by atoms with van der Waals surface area (Å²) in [7, 11) is 1.55. The topological polar surface area (TPSA) is 108 Å². The standard InChI is InChI=1S/C17H15Cl2N5O3/c1-25-14-5-3-2-4-13(14)21-17(15-16(20)23-27-22-15)24-26-9-10-6-7-11(18)8-12(10)19/h2-8H,9H2,1H3,(H2,20,23)(H,21,24). The fraction of sp³-hybridized carbons (Fsp3) is 0.118. The highest BCUT2D eigenvalue weighted by Crippen LogP contribution is 2.27. The average molecular weight is 408 g/mol. The van der Waals surface area contributed by atoms with Crippen molar-refractivity contribution in [2.75, 3.05) is 12.8 Å². The first-order valence-corrected chi connectivity index (χ1v) is 8.46. The molecule has 0 aliphatic heterocycles. The number of methoxy groups -OCH3 is 1. The van der Waals surface area contributed by atoms with E-state index in [1.54, 1.807) is 37.4 Å². The first-order chi connectivity index (χ1) is 13.1. The Bertz CT molecular complexity index is 961. The van der Waals surface area contributed by atoms with Crippen molar-refractivity contribution in [3.63, 3.8) is 0 Å². The lowest BCUT2D eigenvalue weighted by atomic mass is 10.2. The molecule has 0 amide bonds. The largest absolute Gasteiger partial charge is 0.494 e. The molecule has 3 N–H and O–H groups in total. The van der Waals surface area contributed by atoms with Crippen molar-refractivity contribution in [1.29, 1.82) is 0 Å². The van der Waals surface area contributed by atoms with E-state index >= 15 is 0 Å². The molecular weight excluding hydrogens is 393 g/mol.